The van der Waals surface area contributed by atoms with Crippen molar-refractivity contribution in [1.29, 1.82) is 0 Å². The summed E-state index contributed by atoms with van der Waals surface area (Å²) < 4.78 is 0. The summed E-state index contributed by atoms with van der Waals surface area (Å²) in [6.45, 7) is 0. The Kier molecular flexibility index (Phi) is 3.69. The van der Waals surface area contributed by atoms with E-state index in [1.54, 1.807) is 6.07 Å². The molecule has 1 amide bonds. The molecule has 0 aliphatic heterocycles. The van der Waals surface area contributed by atoms with Gasteiger partial charge in [0.15, 0.2) is 0 Å². The van der Waals surface area contributed by atoms with E-state index in [0.29, 0.717) is 18.5 Å². The largest absolute Gasteiger partial charge is 0.480 e. The van der Waals surface area contributed by atoms with E-state index in [1.807, 2.05) is 0 Å². The minimum atomic E-state index is -0.950. The maximum atomic E-state index is 11.5. The maximum Gasteiger partial charge on any atom is 0.329 e. The van der Waals surface area contributed by atoms with E-state index in [4.69, 9.17) is 5.73 Å². The van der Waals surface area contributed by atoms with Crippen LogP contribution in [0.15, 0.2) is 18.3 Å². The average Bonchev–Trinajstić information content (AvgIpc) is 2.40. The van der Waals surface area contributed by atoms with Gasteiger partial charge in [-0.05, 0) is 25.0 Å². The Morgan fingerprint density at radius 1 is 1.32 bits per heavy atom. The lowest BCUT2D eigenvalue weighted by molar-refractivity contribution is -0.143. The van der Waals surface area contributed by atoms with E-state index < -0.39 is 17.4 Å². The van der Waals surface area contributed by atoms with Crippen molar-refractivity contribution in [3.05, 3.63) is 24.0 Å². The van der Waals surface area contributed by atoms with Gasteiger partial charge in [0.1, 0.15) is 11.2 Å². The second-order valence-electron chi connectivity index (χ2n) is 4.87. The van der Waals surface area contributed by atoms with Crippen LogP contribution in [0.2, 0.25) is 0 Å². The number of hydrogen-bond acceptors (Lipinski definition) is 4. The van der Waals surface area contributed by atoms with Gasteiger partial charge in [0.05, 0.1) is 0 Å². The number of carbonyl (C=O) groups is 2. The molecule has 4 N–H and O–H groups in total. The lowest BCUT2D eigenvalue weighted by Crippen LogP contribution is -2.47. The molecular weight excluding hydrogens is 246 g/mol. The van der Waals surface area contributed by atoms with Crippen LogP contribution in [0.5, 0.6) is 0 Å². The number of amides is 1. The van der Waals surface area contributed by atoms with Gasteiger partial charge in [-0.3, -0.25) is 9.78 Å². The Balaban J connectivity index is 2.24. The first-order chi connectivity index (χ1) is 9.03. The molecule has 0 saturated heterocycles. The normalized spacial score (nSPS) is 17.7. The zero-order valence-electron chi connectivity index (χ0n) is 10.6. The first kappa shape index (κ1) is 13.3. The number of primary amides is 1. The summed E-state index contributed by atoms with van der Waals surface area (Å²) in [6, 6.07) is 3.13. The van der Waals surface area contributed by atoms with Crippen LogP contribution in [0.25, 0.3) is 0 Å². The smallest absolute Gasteiger partial charge is 0.329 e. The summed E-state index contributed by atoms with van der Waals surface area (Å²) in [5, 5.41) is 12.5. The molecular formula is C13H17N3O3. The minimum absolute atomic E-state index is 0.126. The third-order valence-electron chi connectivity index (χ3n) is 3.51. The molecule has 6 heteroatoms. The second kappa shape index (κ2) is 5.26. The summed E-state index contributed by atoms with van der Waals surface area (Å²) in [7, 11) is 0. The van der Waals surface area contributed by atoms with E-state index in [1.165, 1.54) is 12.3 Å². The molecule has 0 radical (unpaired) electrons. The Morgan fingerprint density at radius 3 is 2.58 bits per heavy atom. The van der Waals surface area contributed by atoms with Crippen LogP contribution in [0.3, 0.4) is 0 Å². The van der Waals surface area contributed by atoms with Gasteiger partial charge in [0.2, 0.25) is 0 Å². The van der Waals surface area contributed by atoms with Crippen LogP contribution < -0.4 is 11.1 Å². The molecule has 6 nitrogen and oxygen atoms in total. The number of nitrogens with one attached hydrogen (secondary N) is 1. The third kappa shape index (κ3) is 2.83. The van der Waals surface area contributed by atoms with Crippen molar-refractivity contribution in [2.24, 2.45) is 5.73 Å². The molecule has 102 valence electrons. The molecule has 1 heterocycles. The van der Waals surface area contributed by atoms with Crippen molar-refractivity contribution >= 4 is 17.6 Å². The fraction of sp³-hybridized carbons (Fsp3) is 0.462. The second-order valence-corrected chi connectivity index (χ2v) is 4.87. The number of aromatic nitrogens is 1. The summed E-state index contributed by atoms with van der Waals surface area (Å²) >= 11 is 0. The zero-order valence-corrected chi connectivity index (χ0v) is 10.6. The fourth-order valence-electron chi connectivity index (χ4n) is 2.47. The van der Waals surface area contributed by atoms with Crippen molar-refractivity contribution in [2.75, 3.05) is 5.32 Å². The highest BCUT2D eigenvalue weighted by molar-refractivity contribution is 5.92. The van der Waals surface area contributed by atoms with E-state index in [9.17, 15) is 14.7 Å². The first-order valence-corrected chi connectivity index (χ1v) is 6.31. The molecule has 1 aromatic rings. The molecule has 0 spiro atoms. The molecule has 1 aliphatic carbocycles. The van der Waals surface area contributed by atoms with Gasteiger partial charge < -0.3 is 16.2 Å². The average molecular weight is 263 g/mol. The van der Waals surface area contributed by atoms with Gasteiger partial charge in [0.25, 0.3) is 5.91 Å². The van der Waals surface area contributed by atoms with E-state index >= 15 is 0 Å². The fourth-order valence-corrected chi connectivity index (χ4v) is 2.47. The van der Waals surface area contributed by atoms with Crippen LogP contribution >= 0.6 is 0 Å². The number of carbonyl (C=O) groups excluding carboxylic acids is 1. The highest BCUT2D eigenvalue weighted by Crippen LogP contribution is 2.32. The number of nitrogens with two attached hydrogens (primary N) is 1. The standard InChI is InChI=1S/C13H17N3O3/c14-11(17)10-8-9(4-7-15-10)16-13(12(18)19)5-2-1-3-6-13/h4,7-8H,1-3,5-6H2,(H2,14,17)(H,15,16)(H,18,19). The Bertz CT molecular complexity index is 496. The number of nitrogens with zero attached hydrogens (tertiary/aromatic N) is 1. The van der Waals surface area contributed by atoms with Gasteiger partial charge in [0, 0.05) is 11.9 Å². The van der Waals surface area contributed by atoms with E-state index in [2.05, 4.69) is 10.3 Å². The van der Waals surface area contributed by atoms with Gasteiger partial charge >= 0.3 is 5.97 Å². The topological polar surface area (TPSA) is 105 Å². The van der Waals surface area contributed by atoms with Crippen molar-refractivity contribution in [1.82, 2.24) is 4.98 Å². The van der Waals surface area contributed by atoms with Crippen LogP contribution in [0, 0.1) is 0 Å². The number of anilines is 1. The molecule has 19 heavy (non-hydrogen) atoms. The van der Waals surface area contributed by atoms with Gasteiger partial charge in [-0.25, -0.2) is 4.79 Å². The molecule has 0 aromatic carbocycles. The number of aliphatic carboxylic acids is 1. The summed E-state index contributed by atoms with van der Waals surface area (Å²) in [6.07, 6.45) is 5.42. The number of carboxylic acids is 1. The lowest BCUT2D eigenvalue weighted by Gasteiger charge is -2.34. The summed E-state index contributed by atoms with van der Waals surface area (Å²) in [4.78, 5) is 26.4. The van der Waals surface area contributed by atoms with Crippen LogP contribution in [0.1, 0.15) is 42.6 Å². The lowest BCUT2D eigenvalue weighted by atomic mass is 9.81. The SMILES string of the molecule is NC(=O)c1cc(NC2(C(=O)O)CCCCC2)ccn1. The maximum absolute atomic E-state index is 11.5. The van der Waals surface area contributed by atoms with Crippen molar-refractivity contribution in [2.45, 2.75) is 37.6 Å². The number of hydrogen-bond donors (Lipinski definition) is 3. The third-order valence-corrected chi connectivity index (χ3v) is 3.51. The molecule has 1 aromatic heterocycles. The molecule has 1 aliphatic rings. The number of pyridine rings is 1. The molecule has 0 unspecified atom stereocenters. The Hall–Kier alpha value is -2.11. The highest BCUT2D eigenvalue weighted by atomic mass is 16.4. The van der Waals surface area contributed by atoms with Crippen molar-refractivity contribution in [3.63, 3.8) is 0 Å². The van der Waals surface area contributed by atoms with E-state index in [-0.39, 0.29) is 5.69 Å². The number of rotatable bonds is 4. The monoisotopic (exact) mass is 263 g/mol. The van der Waals surface area contributed by atoms with Crippen LogP contribution in [-0.4, -0.2) is 27.5 Å². The molecule has 0 atom stereocenters. The first-order valence-electron chi connectivity index (χ1n) is 6.31. The molecule has 0 bridgehead atoms. The van der Waals surface area contributed by atoms with Gasteiger partial charge in [-0.15, -0.1) is 0 Å². The predicted octanol–water partition coefficient (Wildman–Crippen LogP) is 1.38. The summed E-state index contributed by atoms with van der Waals surface area (Å²) in [5.74, 6) is -1.48. The van der Waals surface area contributed by atoms with Gasteiger partial charge in [-0.1, -0.05) is 19.3 Å². The van der Waals surface area contributed by atoms with Crippen LogP contribution in [0.4, 0.5) is 5.69 Å². The Labute approximate surface area is 111 Å². The summed E-state index contributed by atoms with van der Waals surface area (Å²) in [5.41, 5.74) is 4.90. The highest BCUT2D eigenvalue weighted by Gasteiger charge is 2.39. The van der Waals surface area contributed by atoms with Gasteiger partial charge in [-0.2, -0.15) is 0 Å². The van der Waals surface area contributed by atoms with Crippen molar-refractivity contribution in [3.8, 4) is 0 Å². The zero-order chi connectivity index (χ0) is 13.9. The Morgan fingerprint density at radius 2 is 2.00 bits per heavy atom. The van der Waals surface area contributed by atoms with Crippen LogP contribution in [-0.2, 0) is 4.79 Å². The van der Waals surface area contributed by atoms with Crippen molar-refractivity contribution < 1.29 is 14.7 Å². The van der Waals surface area contributed by atoms with E-state index in [0.717, 1.165) is 19.3 Å². The predicted molar refractivity (Wildman–Crippen MR) is 69.8 cm³/mol. The number of carboxylic acid groups (broad SMARTS) is 1. The minimum Gasteiger partial charge on any atom is -0.480 e. The molecule has 1 saturated carbocycles. The molecule has 1 fully saturated rings. The molecule has 2 rings (SSSR count). The quantitative estimate of drug-likeness (QED) is 0.761.